The molecule has 1 aromatic heterocycles. The first-order valence-corrected chi connectivity index (χ1v) is 9.58. The Balaban J connectivity index is 1.85. The van der Waals surface area contributed by atoms with Crippen molar-refractivity contribution in [3.05, 3.63) is 42.0 Å². The lowest BCUT2D eigenvalue weighted by Crippen LogP contribution is -2.23. The van der Waals surface area contributed by atoms with Crippen molar-refractivity contribution in [2.75, 3.05) is 32.8 Å². The predicted octanol–water partition coefficient (Wildman–Crippen LogP) is 4.36. The van der Waals surface area contributed by atoms with Crippen LogP contribution in [-0.2, 0) is 4.79 Å². The lowest BCUT2D eigenvalue weighted by atomic mass is 10.0. The Hall–Kier alpha value is -3.28. The van der Waals surface area contributed by atoms with E-state index in [1.54, 1.807) is 21.3 Å². The van der Waals surface area contributed by atoms with Gasteiger partial charge in [0.2, 0.25) is 5.91 Å². The predicted molar refractivity (Wildman–Crippen MR) is 113 cm³/mol. The van der Waals surface area contributed by atoms with Crippen LogP contribution in [-0.4, -0.2) is 38.8 Å². The first-order valence-electron chi connectivity index (χ1n) is 9.58. The molecule has 2 aromatic carbocycles. The maximum absolute atomic E-state index is 12.1. The number of methoxy groups -OCH3 is 3. The van der Waals surface area contributed by atoms with Crippen LogP contribution in [0.1, 0.15) is 18.4 Å². The van der Waals surface area contributed by atoms with E-state index in [4.69, 9.17) is 19.2 Å². The molecular weight excluding hydrogens is 368 g/mol. The number of carbonyl (C=O) groups excluding carboxylic acids is 1. The molecule has 4 rings (SSSR count). The molecule has 1 saturated heterocycles. The first-order chi connectivity index (χ1) is 14.0. The number of anilines is 1. The normalized spacial score (nSPS) is 13.8. The molecule has 0 unspecified atom stereocenters. The van der Waals surface area contributed by atoms with E-state index in [1.165, 1.54) is 0 Å². The summed E-state index contributed by atoms with van der Waals surface area (Å²) < 4.78 is 16.5. The van der Waals surface area contributed by atoms with Crippen LogP contribution in [0.15, 0.2) is 36.4 Å². The monoisotopic (exact) mass is 392 g/mol. The Kier molecular flexibility index (Phi) is 5.01. The number of ether oxygens (including phenoxy) is 3. The van der Waals surface area contributed by atoms with Crippen molar-refractivity contribution >= 4 is 22.5 Å². The van der Waals surface area contributed by atoms with Gasteiger partial charge in [-0.25, -0.2) is 4.98 Å². The molecule has 150 valence electrons. The van der Waals surface area contributed by atoms with Crippen molar-refractivity contribution in [2.45, 2.75) is 19.8 Å². The number of aromatic nitrogens is 1. The van der Waals surface area contributed by atoms with Crippen LogP contribution >= 0.6 is 0 Å². The van der Waals surface area contributed by atoms with Crippen molar-refractivity contribution in [3.63, 3.8) is 0 Å². The largest absolute Gasteiger partial charge is 0.496 e. The second-order valence-electron chi connectivity index (χ2n) is 7.08. The molecule has 29 heavy (non-hydrogen) atoms. The van der Waals surface area contributed by atoms with E-state index in [-0.39, 0.29) is 5.91 Å². The third-order valence-corrected chi connectivity index (χ3v) is 5.36. The summed E-state index contributed by atoms with van der Waals surface area (Å²) in [6.07, 6.45) is 1.52. The highest BCUT2D eigenvalue weighted by Crippen LogP contribution is 2.42. The molecule has 0 aliphatic carbocycles. The molecule has 0 saturated carbocycles. The van der Waals surface area contributed by atoms with Gasteiger partial charge in [0, 0.05) is 36.2 Å². The standard InChI is InChI=1S/C23H24N2O4/c1-14-10-19(23-20(28-3)12-16(27-2)13-21(23)29-4)24-18-8-7-15(11-17(14)18)25-9-5-6-22(25)26/h7-8,10-13H,5-6,9H2,1-4H3. The van der Waals surface area contributed by atoms with Crippen molar-refractivity contribution in [3.8, 4) is 28.5 Å². The minimum Gasteiger partial charge on any atom is -0.496 e. The minimum atomic E-state index is 0.180. The van der Waals surface area contributed by atoms with Gasteiger partial charge >= 0.3 is 0 Å². The zero-order chi connectivity index (χ0) is 20.5. The number of fused-ring (bicyclic) bond motifs is 1. The third kappa shape index (κ3) is 3.35. The number of hydrogen-bond donors (Lipinski definition) is 0. The summed E-state index contributed by atoms with van der Waals surface area (Å²) in [4.78, 5) is 18.8. The molecular formula is C23H24N2O4. The number of nitrogens with zero attached hydrogens (tertiary/aromatic N) is 2. The van der Waals surface area contributed by atoms with Gasteiger partial charge in [-0.15, -0.1) is 0 Å². The molecule has 6 nitrogen and oxygen atoms in total. The van der Waals surface area contributed by atoms with Gasteiger partial charge in [-0.05, 0) is 43.2 Å². The molecule has 1 fully saturated rings. The van der Waals surface area contributed by atoms with Crippen molar-refractivity contribution < 1.29 is 19.0 Å². The fraction of sp³-hybridized carbons (Fsp3) is 0.304. The maximum Gasteiger partial charge on any atom is 0.227 e. The van der Waals surface area contributed by atoms with Crippen molar-refractivity contribution in [1.29, 1.82) is 0 Å². The Bertz CT molecular complexity index is 1070. The second kappa shape index (κ2) is 7.62. The second-order valence-corrected chi connectivity index (χ2v) is 7.08. The number of pyridine rings is 1. The molecule has 0 radical (unpaired) electrons. The zero-order valence-electron chi connectivity index (χ0n) is 17.1. The van der Waals surface area contributed by atoms with E-state index >= 15 is 0 Å². The summed E-state index contributed by atoms with van der Waals surface area (Å²) in [6.45, 7) is 2.82. The van der Waals surface area contributed by atoms with Crippen LogP contribution in [0.3, 0.4) is 0 Å². The highest BCUT2D eigenvalue weighted by Gasteiger charge is 2.23. The molecule has 0 atom stereocenters. The molecule has 2 heterocycles. The van der Waals surface area contributed by atoms with E-state index in [0.717, 1.165) is 46.4 Å². The zero-order valence-corrected chi connectivity index (χ0v) is 17.1. The molecule has 6 heteroatoms. The molecule has 0 N–H and O–H groups in total. The van der Waals surface area contributed by atoms with Gasteiger partial charge in [0.1, 0.15) is 17.2 Å². The number of carbonyl (C=O) groups is 1. The third-order valence-electron chi connectivity index (χ3n) is 5.36. The fourth-order valence-electron chi connectivity index (χ4n) is 3.86. The Morgan fingerprint density at radius 2 is 1.69 bits per heavy atom. The molecule has 0 spiro atoms. The van der Waals surface area contributed by atoms with Gasteiger partial charge in [-0.1, -0.05) is 0 Å². The van der Waals surface area contributed by atoms with Crippen molar-refractivity contribution in [2.24, 2.45) is 0 Å². The van der Waals surface area contributed by atoms with Crippen LogP contribution in [0, 0.1) is 6.92 Å². The number of hydrogen-bond acceptors (Lipinski definition) is 5. The Morgan fingerprint density at radius 1 is 0.966 bits per heavy atom. The molecule has 0 bridgehead atoms. The van der Waals surface area contributed by atoms with Crippen LogP contribution in [0.2, 0.25) is 0 Å². The SMILES string of the molecule is COc1cc(OC)c(-c2cc(C)c3cc(N4CCCC4=O)ccc3n2)c(OC)c1. The summed E-state index contributed by atoms with van der Waals surface area (Å²) in [5.41, 5.74) is 4.39. The molecule has 1 aliphatic heterocycles. The summed E-state index contributed by atoms with van der Waals surface area (Å²) >= 11 is 0. The first kappa shape index (κ1) is 19.1. The summed E-state index contributed by atoms with van der Waals surface area (Å²) in [5, 5.41) is 1.03. The number of amides is 1. The van der Waals surface area contributed by atoms with Gasteiger partial charge in [0.05, 0.1) is 38.1 Å². The Morgan fingerprint density at radius 3 is 2.28 bits per heavy atom. The highest BCUT2D eigenvalue weighted by molar-refractivity contribution is 5.98. The molecule has 1 aliphatic rings. The van der Waals surface area contributed by atoms with Crippen molar-refractivity contribution in [1.82, 2.24) is 4.98 Å². The number of benzene rings is 2. The van der Waals surface area contributed by atoms with Gasteiger partial charge < -0.3 is 19.1 Å². The summed E-state index contributed by atoms with van der Waals surface area (Å²) in [6, 6.07) is 11.6. The topological polar surface area (TPSA) is 60.9 Å². The maximum atomic E-state index is 12.1. The van der Waals surface area contributed by atoms with Gasteiger partial charge in [0.15, 0.2) is 0 Å². The highest BCUT2D eigenvalue weighted by atomic mass is 16.5. The molecule has 3 aromatic rings. The molecule has 1 amide bonds. The van der Waals surface area contributed by atoms with Gasteiger partial charge in [0.25, 0.3) is 0 Å². The van der Waals surface area contributed by atoms with Gasteiger partial charge in [-0.2, -0.15) is 0 Å². The lowest BCUT2D eigenvalue weighted by molar-refractivity contribution is -0.117. The average molecular weight is 392 g/mol. The minimum absolute atomic E-state index is 0.180. The van der Waals surface area contributed by atoms with Crippen LogP contribution in [0.25, 0.3) is 22.2 Å². The smallest absolute Gasteiger partial charge is 0.227 e. The van der Waals surface area contributed by atoms with Crippen LogP contribution in [0.5, 0.6) is 17.2 Å². The van der Waals surface area contributed by atoms with E-state index in [0.29, 0.717) is 23.7 Å². The summed E-state index contributed by atoms with van der Waals surface area (Å²) in [5.74, 6) is 2.10. The lowest BCUT2D eigenvalue weighted by Gasteiger charge is -2.18. The van der Waals surface area contributed by atoms with Crippen LogP contribution in [0.4, 0.5) is 5.69 Å². The quantitative estimate of drug-likeness (QED) is 0.646. The number of rotatable bonds is 5. The van der Waals surface area contributed by atoms with E-state index in [1.807, 2.05) is 48.2 Å². The van der Waals surface area contributed by atoms with Gasteiger partial charge in [-0.3, -0.25) is 4.79 Å². The van der Waals surface area contributed by atoms with E-state index in [9.17, 15) is 4.79 Å². The summed E-state index contributed by atoms with van der Waals surface area (Å²) in [7, 11) is 4.84. The fourth-order valence-corrected chi connectivity index (χ4v) is 3.86. The van der Waals surface area contributed by atoms with E-state index in [2.05, 4.69) is 0 Å². The average Bonchev–Trinajstić information content (AvgIpc) is 3.18. The van der Waals surface area contributed by atoms with Crippen LogP contribution < -0.4 is 19.1 Å². The number of aryl methyl sites for hydroxylation is 1. The van der Waals surface area contributed by atoms with E-state index < -0.39 is 0 Å². The Labute approximate surface area is 170 Å².